The molecule has 0 aliphatic carbocycles. The first-order chi connectivity index (χ1) is 15.5. The molecule has 0 spiro atoms. The van der Waals surface area contributed by atoms with Crippen LogP contribution in [0.2, 0.25) is 0 Å². The van der Waals surface area contributed by atoms with Crippen molar-refractivity contribution in [3.8, 4) is 17.4 Å². The topological polar surface area (TPSA) is 85.0 Å². The molecule has 1 aromatic heterocycles. The van der Waals surface area contributed by atoms with E-state index in [1.165, 1.54) is 0 Å². The second-order valence-electron chi connectivity index (χ2n) is 8.20. The summed E-state index contributed by atoms with van der Waals surface area (Å²) in [6, 6.07) is 10.9. The molecule has 2 N–H and O–H groups in total. The number of carbonyl (C=O) groups excluding carboxylic acids is 1. The van der Waals surface area contributed by atoms with Crippen LogP contribution >= 0.6 is 0 Å². The van der Waals surface area contributed by atoms with Crippen LogP contribution in [-0.4, -0.2) is 61.4 Å². The summed E-state index contributed by atoms with van der Waals surface area (Å²) in [5.74, 6) is 2.37. The molecule has 0 radical (unpaired) electrons. The van der Waals surface area contributed by atoms with Gasteiger partial charge in [0, 0.05) is 45.0 Å². The number of rotatable bonds is 10. The molecule has 1 aromatic carbocycles. The van der Waals surface area contributed by atoms with Gasteiger partial charge in [0.15, 0.2) is 11.5 Å². The van der Waals surface area contributed by atoms with Crippen molar-refractivity contribution in [3.63, 3.8) is 0 Å². The summed E-state index contributed by atoms with van der Waals surface area (Å²) in [4.78, 5) is 18.9. The van der Waals surface area contributed by atoms with Crippen LogP contribution in [0.3, 0.4) is 0 Å². The molecule has 2 heterocycles. The van der Waals surface area contributed by atoms with E-state index in [2.05, 4.69) is 34.4 Å². The van der Waals surface area contributed by atoms with Crippen LogP contribution in [0.5, 0.6) is 17.4 Å². The van der Waals surface area contributed by atoms with Crippen LogP contribution in [0.1, 0.15) is 26.3 Å². The van der Waals surface area contributed by atoms with Crippen molar-refractivity contribution in [1.82, 2.24) is 20.5 Å². The van der Waals surface area contributed by atoms with Crippen LogP contribution < -0.4 is 20.1 Å². The average Bonchev–Trinajstić information content (AvgIpc) is 2.78. The van der Waals surface area contributed by atoms with Gasteiger partial charge in [0.1, 0.15) is 0 Å². The molecule has 3 rings (SSSR count). The van der Waals surface area contributed by atoms with Crippen LogP contribution in [0.4, 0.5) is 4.79 Å². The lowest BCUT2D eigenvalue weighted by atomic mass is 10.2. The van der Waals surface area contributed by atoms with E-state index in [4.69, 9.17) is 14.2 Å². The van der Waals surface area contributed by atoms with Crippen LogP contribution in [0, 0.1) is 5.92 Å². The largest absolute Gasteiger partial charge is 0.490 e. The first-order valence-corrected chi connectivity index (χ1v) is 11.2. The molecule has 1 unspecified atom stereocenters. The number of ether oxygens (including phenoxy) is 3. The Morgan fingerprint density at radius 3 is 2.75 bits per heavy atom. The predicted octanol–water partition coefficient (Wildman–Crippen LogP) is 3.43. The van der Waals surface area contributed by atoms with Gasteiger partial charge in [-0.25, -0.2) is 9.78 Å². The van der Waals surface area contributed by atoms with Gasteiger partial charge in [-0.3, -0.25) is 4.90 Å². The van der Waals surface area contributed by atoms with E-state index in [9.17, 15) is 4.79 Å². The molecule has 1 aliphatic rings. The van der Waals surface area contributed by atoms with E-state index >= 15 is 0 Å². The highest BCUT2D eigenvalue weighted by atomic mass is 16.5. The third kappa shape index (κ3) is 7.69. The Hall–Kier alpha value is -2.84. The van der Waals surface area contributed by atoms with Crippen molar-refractivity contribution < 1.29 is 19.0 Å². The third-order valence-electron chi connectivity index (χ3n) is 4.95. The number of benzene rings is 1. The van der Waals surface area contributed by atoms with E-state index in [1.54, 1.807) is 12.3 Å². The number of hydrogen-bond donors (Lipinski definition) is 2. The second kappa shape index (κ2) is 12.3. The molecule has 2 amide bonds. The maximum atomic E-state index is 12.2. The molecule has 174 valence electrons. The van der Waals surface area contributed by atoms with Crippen molar-refractivity contribution in [3.05, 3.63) is 48.2 Å². The monoisotopic (exact) mass is 442 g/mol. The molecular formula is C24H34N4O4. The van der Waals surface area contributed by atoms with Gasteiger partial charge in [0.2, 0.25) is 5.88 Å². The van der Waals surface area contributed by atoms with Crippen LogP contribution in [-0.2, 0) is 11.3 Å². The van der Waals surface area contributed by atoms with Gasteiger partial charge >= 0.3 is 6.03 Å². The second-order valence-corrected chi connectivity index (χ2v) is 8.20. The van der Waals surface area contributed by atoms with Crippen molar-refractivity contribution in [2.24, 2.45) is 5.92 Å². The zero-order valence-electron chi connectivity index (χ0n) is 19.2. The summed E-state index contributed by atoms with van der Waals surface area (Å²) < 4.78 is 17.2. The molecule has 1 aliphatic heterocycles. The maximum Gasteiger partial charge on any atom is 0.315 e. The quantitative estimate of drug-likeness (QED) is 0.586. The number of pyridine rings is 1. The van der Waals surface area contributed by atoms with E-state index in [0.29, 0.717) is 49.6 Å². The lowest BCUT2D eigenvalue weighted by Gasteiger charge is -2.33. The standard InChI is InChI=1S/C24H34N4O4/c1-4-30-21-7-5-6-8-22(21)32-23-10-9-19(13-25-23)14-26-24(29)27-15-20-17-28(11-12-31-20)16-18(2)3/h5-10,13,18,20H,4,11-12,14-17H2,1-3H3,(H2,26,27,29). The smallest absolute Gasteiger partial charge is 0.315 e. The number of urea groups is 1. The van der Waals surface area contributed by atoms with Gasteiger partial charge < -0.3 is 24.8 Å². The minimum atomic E-state index is -0.222. The lowest BCUT2D eigenvalue weighted by molar-refractivity contribution is -0.0290. The Bertz CT molecular complexity index is 844. The first-order valence-electron chi connectivity index (χ1n) is 11.2. The van der Waals surface area contributed by atoms with Crippen molar-refractivity contribution in [2.75, 3.05) is 39.4 Å². The summed E-state index contributed by atoms with van der Waals surface area (Å²) in [5, 5.41) is 5.75. The van der Waals surface area contributed by atoms with E-state index in [1.807, 2.05) is 37.3 Å². The normalized spacial score (nSPS) is 16.6. The fourth-order valence-corrected chi connectivity index (χ4v) is 3.54. The molecule has 8 heteroatoms. The summed E-state index contributed by atoms with van der Waals surface area (Å²) in [6.45, 7) is 11.3. The number of para-hydroxylation sites is 2. The SMILES string of the molecule is CCOc1ccccc1Oc1ccc(CNC(=O)NCC2CN(CC(C)C)CCO2)cn1. The zero-order chi connectivity index (χ0) is 22.8. The highest BCUT2D eigenvalue weighted by Gasteiger charge is 2.21. The van der Waals surface area contributed by atoms with E-state index in [-0.39, 0.29) is 12.1 Å². The molecule has 32 heavy (non-hydrogen) atoms. The number of amides is 2. The number of aromatic nitrogens is 1. The summed E-state index contributed by atoms with van der Waals surface area (Å²) >= 11 is 0. The van der Waals surface area contributed by atoms with Gasteiger partial charge in [-0.15, -0.1) is 0 Å². The average molecular weight is 443 g/mol. The van der Waals surface area contributed by atoms with Gasteiger partial charge in [0.05, 0.1) is 19.3 Å². The fourth-order valence-electron chi connectivity index (χ4n) is 3.54. The number of hydrogen-bond acceptors (Lipinski definition) is 6. The van der Waals surface area contributed by atoms with Gasteiger partial charge in [-0.05, 0) is 30.5 Å². The van der Waals surface area contributed by atoms with Crippen molar-refractivity contribution in [2.45, 2.75) is 33.4 Å². The summed E-state index contributed by atoms with van der Waals surface area (Å²) in [5.41, 5.74) is 0.877. The summed E-state index contributed by atoms with van der Waals surface area (Å²) in [6.07, 6.45) is 1.71. The Balaban J connectivity index is 1.41. The summed E-state index contributed by atoms with van der Waals surface area (Å²) in [7, 11) is 0. The van der Waals surface area contributed by atoms with Gasteiger partial charge in [0.25, 0.3) is 0 Å². The van der Waals surface area contributed by atoms with Crippen molar-refractivity contribution in [1.29, 1.82) is 0 Å². The minimum absolute atomic E-state index is 0.0194. The molecule has 0 saturated carbocycles. The van der Waals surface area contributed by atoms with Crippen molar-refractivity contribution >= 4 is 6.03 Å². The van der Waals surface area contributed by atoms with E-state index in [0.717, 1.165) is 25.2 Å². The van der Waals surface area contributed by atoms with Gasteiger partial charge in [-0.2, -0.15) is 0 Å². The Morgan fingerprint density at radius 1 is 1.22 bits per heavy atom. The number of nitrogens with one attached hydrogen (secondary N) is 2. The molecule has 1 atom stereocenters. The molecule has 1 saturated heterocycles. The third-order valence-corrected chi connectivity index (χ3v) is 4.95. The van der Waals surface area contributed by atoms with Crippen LogP contribution in [0.25, 0.3) is 0 Å². The number of morpholine rings is 1. The minimum Gasteiger partial charge on any atom is -0.490 e. The van der Waals surface area contributed by atoms with Crippen LogP contribution in [0.15, 0.2) is 42.6 Å². The lowest BCUT2D eigenvalue weighted by Crippen LogP contribution is -2.49. The molecule has 8 nitrogen and oxygen atoms in total. The fraction of sp³-hybridized carbons (Fsp3) is 0.500. The Morgan fingerprint density at radius 2 is 2.03 bits per heavy atom. The Kier molecular flexibility index (Phi) is 9.13. The molecule has 1 fully saturated rings. The first kappa shape index (κ1) is 23.8. The highest BCUT2D eigenvalue weighted by molar-refractivity contribution is 5.73. The Labute approximate surface area is 190 Å². The molecule has 2 aromatic rings. The maximum absolute atomic E-state index is 12.2. The molecule has 0 bridgehead atoms. The number of carbonyl (C=O) groups is 1. The molecular weight excluding hydrogens is 408 g/mol. The van der Waals surface area contributed by atoms with Gasteiger partial charge in [-0.1, -0.05) is 32.0 Å². The number of nitrogens with zero attached hydrogens (tertiary/aromatic N) is 2. The highest BCUT2D eigenvalue weighted by Crippen LogP contribution is 2.30. The predicted molar refractivity (Wildman–Crippen MR) is 123 cm³/mol. The zero-order valence-corrected chi connectivity index (χ0v) is 19.2. The van der Waals surface area contributed by atoms with E-state index < -0.39 is 0 Å².